The Morgan fingerprint density at radius 1 is 0.489 bits per heavy atom. The Morgan fingerprint density at radius 3 is 1.25 bits per heavy atom. The number of nitrogens with zero attached hydrogens (tertiary/aromatic N) is 12. The average molecular weight is 1290 g/mol. The summed E-state index contributed by atoms with van der Waals surface area (Å²) in [6.07, 6.45) is -5.54. The van der Waals surface area contributed by atoms with Gasteiger partial charge in [-0.3, -0.25) is 76.6 Å². The number of hydrogen-bond donors (Lipinski definition) is 20. The first-order valence-corrected chi connectivity index (χ1v) is 27.3. The number of aliphatic hydroxyl groups excluding tert-OH is 6. The Morgan fingerprint density at radius 2 is 0.859 bits per heavy atom. The van der Waals surface area contributed by atoms with Gasteiger partial charge in [-0.1, -0.05) is 0 Å². The fraction of sp³-hybridized carbons (Fsp3) is 0.417. The minimum atomic E-state index is -1.47. The highest BCUT2D eigenvalue weighted by atomic mass is 16.6. The van der Waals surface area contributed by atoms with Crippen LogP contribution >= 0.6 is 0 Å². The lowest BCUT2D eigenvalue weighted by molar-refractivity contribution is -0.0321. The standard InChI is InChI=1S/C24H26N12O9.C10H14N6O4.C10H14N6O3.C4H2O4/c25-23-31-18-12(20(42)33-23)28-4-35(18)9-1-6(8(3-37)44-9)30-11-10(15(39)16(11)40)27-2-7-14(38)17(41)22(45-7)36-5-29-13-19(36)32-24(26)34-21(13)43;11-1-3-5(17)6(18)9(20-3)16-2-13-4-7(16)14-10(12)15-8(4)19;11-4-1-6(19-5(4)2-17)16-3-13-7-8(16)14-10(12)15-9(7)18;5-1-2(6)4(8)3(1)7/h4-9,14,17,22,27,30,37-38,41H,1-3H2,(H3,25,31,33,42)(H3,26,32,34,43);2-3,5-6,9,17-18H,1,11H2,(H3,12,14,15,19);3-6,17H,1-2,11H2,(H3,12,14,15,18);5-6H/t6-,7+,8+,9+,14+,17+,22+;3-,5-,6-,9-;4-,5+,6+;/m010./s1. The first-order valence-electron chi connectivity index (χ1n) is 27.3. The molecule has 26 N–H and O–H groups in total. The number of aromatic hydroxyl groups is 2. The smallest absolute Gasteiger partial charge is 0.280 e. The van der Waals surface area contributed by atoms with E-state index in [1.54, 1.807) is 4.57 Å². The van der Waals surface area contributed by atoms with E-state index in [0.717, 1.165) is 0 Å². The quantitative estimate of drug-likeness (QED) is 0.0505. The molecule has 44 nitrogen and oxygen atoms in total. The van der Waals surface area contributed by atoms with Crippen LogP contribution in [0.1, 0.15) is 37.8 Å². The van der Waals surface area contributed by atoms with Crippen molar-refractivity contribution in [3.8, 4) is 11.5 Å². The molecule has 0 saturated carbocycles. The monoisotopic (exact) mass is 1290 g/mol. The van der Waals surface area contributed by atoms with Crippen LogP contribution in [-0.2, 0) is 18.9 Å². The topological polar surface area (TPSA) is 702 Å². The molecule has 2 aromatic carbocycles. The number of hydrogen-bond acceptors (Lipinski definition) is 36. The van der Waals surface area contributed by atoms with Crippen molar-refractivity contribution in [1.29, 1.82) is 0 Å². The molecule has 4 aliphatic rings. The maximum absolute atomic E-state index is 12.5. The number of rotatable bonds is 12. The largest absolute Gasteiger partial charge is 0.501 e. The molecule has 0 amide bonds. The molecule has 488 valence electrons. The van der Waals surface area contributed by atoms with E-state index in [1.807, 2.05) is 0 Å². The molecule has 14 rings (SSSR count). The summed E-state index contributed by atoms with van der Waals surface area (Å²) in [6.45, 7) is -0.739. The van der Waals surface area contributed by atoms with Crippen LogP contribution in [-0.4, -0.2) is 206 Å². The van der Waals surface area contributed by atoms with Crippen molar-refractivity contribution in [2.24, 2.45) is 11.5 Å². The van der Waals surface area contributed by atoms with Gasteiger partial charge in [0.15, 0.2) is 57.1 Å². The van der Waals surface area contributed by atoms with E-state index in [1.165, 1.54) is 39.0 Å². The number of anilines is 6. The van der Waals surface area contributed by atoms with Gasteiger partial charge in [-0.05, 0) is 0 Å². The molecule has 0 unspecified atom stereocenters. The van der Waals surface area contributed by atoms with Crippen LogP contribution in [0.4, 0.5) is 35.2 Å². The van der Waals surface area contributed by atoms with Gasteiger partial charge in [-0.15, -0.1) is 0 Å². The zero-order valence-electron chi connectivity index (χ0n) is 46.9. The number of ether oxygens (including phenoxy) is 4. The molecule has 4 fully saturated rings. The van der Waals surface area contributed by atoms with E-state index >= 15 is 0 Å². The summed E-state index contributed by atoms with van der Waals surface area (Å²) < 4.78 is 28.6. The van der Waals surface area contributed by atoms with Crippen molar-refractivity contribution in [3.63, 3.8) is 0 Å². The van der Waals surface area contributed by atoms with Crippen LogP contribution in [0.5, 0.6) is 11.5 Å². The summed E-state index contributed by atoms with van der Waals surface area (Å²) in [5.41, 5.74) is 28.8. The molecule has 0 bridgehead atoms. The van der Waals surface area contributed by atoms with Crippen molar-refractivity contribution >= 4 is 79.8 Å². The molecule has 12 heterocycles. The predicted octanol–water partition coefficient (Wildman–Crippen LogP) is -9.91. The molecular weight excluding hydrogens is 1230 g/mol. The van der Waals surface area contributed by atoms with E-state index in [-0.39, 0.29) is 106 Å². The summed E-state index contributed by atoms with van der Waals surface area (Å²) in [4.78, 5) is 134. The molecule has 4 aliphatic heterocycles. The molecule has 44 heteroatoms. The second-order valence-corrected chi connectivity index (χ2v) is 21.1. The average Bonchev–Trinajstić information content (AvgIpc) is 1.66. The first-order chi connectivity index (χ1) is 43.8. The van der Waals surface area contributed by atoms with E-state index in [4.69, 9.17) is 68.7 Å². The van der Waals surface area contributed by atoms with Crippen molar-refractivity contribution in [2.75, 3.05) is 59.9 Å². The minimum Gasteiger partial charge on any atom is -0.501 e. The molecule has 4 saturated heterocycles. The Kier molecular flexibility index (Phi) is 16.9. The van der Waals surface area contributed by atoms with E-state index in [2.05, 4.69) is 70.4 Å². The first kappa shape index (κ1) is 63.1. The Labute approximate surface area is 505 Å². The fourth-order valence-corrected chi connectivity index (χ4v) is 10.6. The van der Waals surface area contributed by atoms with Crippen LogP contribution in [0, 0.1) is 0 Å². The number of nitrogens with one attached hydrogen (secondary N) is 6. The third-order valence-electron chi connectivity index (χ3n) is 15.3. The molecule has 92 heavy (non-hydrogen) atoms. The zero-order valence-corrected chi connectivity index (χ0v) is 46.9. The van der Waals surface area contributed by atoms with Gasteiger partial charge in [0.2, 0.25) is 35.3 Å². The third kappa shape index (κ3) is 11.3. The number of nitrogen functional groups attached to an aromatic ring is 4. The number of imidazole rings is 4. The predicted molar refractivity (Wildman–Crippen MR) is 312 cm³/mol. The third-order valence-corrected chi connectivity index (χ3v) is 15.3. The number of aromatic amines is 4. The lowest BCUT2D eigenvalue weighted by Crippen LogP contribution is -2.43. The lowest BCUT2D eigenvalue weighted by atomic mass is 10.1. The number of aliphatic hydroxyl groups is 6. The second-order valence-electron chi connectivity index (χ2n) is 21.1. The SMILES string of the molecule is NC[C@H]1O[C@@H](n2cnc3c(=O)[nH]c(N)nc32)[C@H](O)[C@@H]1O.Nc1nc2c(ncn2[C@@H]2O[C@H](CNc3c(N[C@H]4C[C@H](n5cnc6c(=O)[nH]c(N)nc65)O[C@@H]4CO)c(=O)c3=O)[C@@H](O)[C@H]2O)c(=O)[nH]1.Nc1nc2c(ncn2[C@H]2C[C@H](N)[C@@H](CO)O2)c(=O)[nH]1.O=c1c(O)c(O)c1=O. The summed E-state index contributed by atoms with van der Waals surface area (Å²) >= 11 is 0. The minimum absolute atomic E-state index is 0.0141. The Balaban J connectivity index is 0.000000151. The van der Waals surface area contributed by atoms with Crippen LogP contribution in [0.3, 0.4) is 0 Å². The Bertz CT molecular complexity index is 4790. The van der Waals surface area contributed by atoms with Crippen LogP contribution in [0.25, 0.3) is 44.7 Å². The maximum Gasteiger partial charge on any atom is 0.280 e. The second kappa shape index (κ2) is 24.7. The number of aromatic nitrogens is 16. The zero-order chi connectivity index (χ0) is 66.0. The molecule has 14 atom stereocenters. The molecule has 0 aliphatic carbocycles. The highest BCUT2D eigenvalue weighted by molar-refractivity contribution is 5.75. The molecule has 8 aromatic heterocycles. The summed E-state index contributed by atoms with van der Waals surface area (Å²) in [5.74, 6) is -2.01. The van der Waals surface area contributed by atoms with Gasteiger partial charge in [0.25, 0.3) is 44.0 Å². The van der Waals surface area contributed by atoms with Crippen molar-refractivity contribution in [1.82, 2.24) is 78.1 Å². The van der Waals surface area contributed by atoms with Crippen molar-refractivity contribution < 1.29 is 59.8 Å². The van der Waals surface area contributed by atoms with Gasteiger partial charge < -0.3 is 105 Å². The van der Waals surface area contributed by atoms with Crippen molar-refractivity contribution in [3.05, 3.63) is 108 Å². The van der Waals surface area contributed by atoms with Gasteiger partial charge >= 0.3 is 0 Å². The molecular formula is C48H56N24O20. The normalized spacial score (nSPS) is 26.1. The lowest BCUT2D eigenvalue weighted by Gasteiger charge is -2.23. The highest BCUT2D eigenvalue weighted by Crippen LogP contribution is 2.36. The van der Waals surface area contributed by atoms with Crippen LogP contribution in [0.2, 0.25) is 0 Å². The van der Waals surface area contributed by atoms with Crippen molar-refractivity contribution in [2.45, 2.75) is 98.7 Å². The van der Waals surface area contributed by atoms with E-state index in [9.17, 15) is 63.9 Å². The number of nitrogens with two attached hydrogens (primary N) is 6. The summed E-state index contributed by atoms with van der Waals surface area (Å²) in [6, 6.07) is -0.926. The molecule has 0 spiro atoms. The van der Waals surface area contributed by atoms with E-state index < -0.39 is 142 Å². The highest BCUT2D eigenvalue weighted by Gasteiger charge is 2.46. The van der Waals surface area contributed by atoms with Gasteiger partial charge in [-0.25, -0.2) is 19.9 Å². The number of fused-ring (bicyclic) bond motifs is 4. The number of H-pyrrole nitrogens is 4. The van der Waals surface area contributed by atoms with Gasteiger partial charge in [0.05, 0.1) is 50.7 Å². The maximum atomic E-state index is 12.5. The van der Waals surface area contributed by atoms with Gasteiger partial charge in [0, 0.05) is 32.0 Å². The summed E-state index contributed by atoms with van der Waals surface area (Å²) in [7, 11) is 0. The van der Waals surface area contributed by atoms with Gasteiger partial charge in [0.1, 0.15) is 66.6 Å². The fourth-order valence-electron chi connectivity index (χ4n) is 10.6. The Hall–Kier alpha value is -10.5. The molecule has 10 aromatic rings. The molecule has 0 radical (unpaired) electrons. The summed E-state index contributed by atoms with van der Waals surface area (Å²) in [5, 5.41) is 82.5. The van der Waals surface area contributed by atoms with E-state index in [0.29, 0.717) is 12.1 Å². The van der Waals surface area contributed by atoms with Crippen LogP contribution in [0.15, 0.2) is 63.7 Å². The van der Waals surface area contributed by atoms with Crippen LogP contribution < -0.4 is 89.0 Å². The van der Waals surface area contributed by atoms with Gasteiger partial charge in [-0.2, -0.15) is 19.9 Å².